The van der Waals surface area contributed by atoms with E-state index in [-0.39, 0.29) is 0 Å². The van der Waals surface area contributed by atoms with E-state index in [1.807, 2.05) is 0 Å². The average molecular weight is 392 g/mol. The van der Waals surface area contributed by atoms with Crippen LogP contribution in [0, 0.1) is 13.8 Å². The van der Waals surface area contributed by atoms with Crippen molar-refractivity contribution in [1.82, 2.24) is 4.57 Å². The van der Waals surface area contributed by atoms with Crippen molar-refractivity contribution in [2.45, 2.75) is 115 Å². The molecule has 0 atom stereocenters. The van der Waals surface area contributed by atoms with Crippen LogP contribution in [0.4, 0.5) is 0 Å². The molecule has 0 unspecified atom stereocenters. The molecule has 2 nitrogen and oxygen atoms in total. The fraction of sp³-hybridized carbons (Fsp3) is 0.667. The van der Waals surface area contributed by atoms with Crippen LogP contribution in [0.3, 0.4) is 0 Å². The fourth-order valence-electron chi connectivity index (χ4n) is 6.79. The van der Waals surface area contributed by atoms with Gasteiger partial charge < -0.3 is 0 Å². The van der Waals surface area contributed by atoms with Crippen LogP contribution < -0.4 is 4.57 Å². The Bertz CT molecular complexity index is 844. The van der Waals surface area contributed by atoms with Gasteiger partial charge in [-0.05, 0) is 69.9 Å². The molecule has 1 aromatic carbocycles. The van der Waals surface area contributed by atoms with Crippen molar-refractivity contribution in [2.24, 2.45) is 0 Å². The summed E-state index contributed by atoms with van der Waals surface area (Å²) in [7, 11) is 0. The minimum atomic E-state index is 0.734. The predicted molar refractivity (Wildman–Crippen MR) is 120 cm³/mol. The Morgan fingerprint density at radius 1 is 0.724 bits per heavy atom. The molecule has 0 bridgehead atoms. The van der Waals surface area contributed by atoms with Crippen LogP contribution >= 0.6 is 0 Å². The topological polar surface area (TPSA) is 8.81 Å². The van der Waals surface area contributed by atoms with Crippen LogP contribution in [-0.2, 0) is 0 Å². The Hall–Kier alpha value is -1.57. The van der Waals surface area contributed by atoms with Gasteiger partial charge in [0.05, 0.1) is 5.92 Å². The van der Waals surface area contributed by atoms with E-state index in [1.54, 1.807) is 17.2 Å². The largest absolute Gasteiger partial charge is 0.265 e. The molecule has 0 radical (unpaired) electrons. The number of benzene rings is 1. The second-order valence-corrected chi connectivity index (χ2v) is 10.1. The van der Waals surface area contributed by atoms with Crippen molar-refractivity contribution in [1.29, 1.82) is 0 Å². The molecule has 0 spiro atoms. The lowest BCUT2D eigenvalue weighted by molar-refractivity contribution is -0.737. The van der Waals surface area contributed by atoms with E-state index in [2.05, 4.69) is 47.2 Å². The zero-order valence-corrected chi connectivity index (χ0v) is 18.6. The monoisotopic (exact) mass is 391 g/mol. The van der Waals surface area contributed by atoms with E-state index in [4.69, 9.17) is 0 Å². The van der Waals surface area contributed by atoms with Gasteiger partial charge in [0.25, 0.3) is 5.82 Å². The summed E-state index contributed by atoms with van der Waals surface area (Å²) in [6.45, 7) is 4.74. The third-order valence-corrected chi connectivity index (χ3v) is 8.20. The lowest BCUT2D eigenvalue weighted by Crippen LogP contribution is -2.46. The van der Waals surface area contributed by atoms with Gasteiger partial charge in [-0.3, -0.25) is 0 Å². The summed E-state index contributed by atoms with van der Waals surface area (Å²) < 4.78 is 5.68. The molecule has 1 aromatic heterocycles. The highest BCUT2D eigenvalue weighted by atomic mass is 15.2. The van der Waals surface area contributed by atoms with Gasteiger partial charge in [0.15, 0.2) is 0 Å². The molecule has 3 fully saturated rings. The predicted octanol–water partition coefficient (Wildman–Crippen LogP) is 7.20. The average Bonchev–Trinajstić information content (AvgIpc) is 3.49. The van der Waals surface area contributed by atoms with Gasteiger partial charge in [-0.2, -0.15) is 4.57 Å². The number of hydrogen-bond acceptors (Lipinski definition) is 0. The van der Waals surface area contributed by atoms with E-state index in [1.165, 1.54) is 94.7 Å². The zero-order valence-electron chi connectivity index (χ0n) is 18.6. The molecule has 156 valence electrons. The number of rotatable bonds is 4. The van der Waals surface area contributed by atoms with Crippen molar-refractivity contribution in [3.05, 3.63) is 47.0 Å². The molecule has 1 heterocycles. The van der Waals surface area contributed by atoms with Crippen LogP contribution in [0.25, 0.3) is 5.69 Å². The molecule has 3 aliphatic carbocycles. The van der Waals surface area contributed by atoms with E-state index in [0.717, 1.165) is 17.9 Å². The Labute approximate surface area is 177 Å². The lowest BCUT2D eigenvalue weighted by atomic mass is 9.88. The first kappa shape index (κ1) is 19.4. The van der Waals surface area contributed by atoms with Crippen LogP contribution in [0.5, 0.6) is 0 Å². The van der Waals surface area contributed by atoms with Crippen LogP contribution in [-0.4, -0.2) is 4.57 Å². The molecule has 0 N–H and O–H groups in total. The normalized spacial score (nSPS) is 22.0. The number of nitrogens with zero attached hydrogens (tertiary/aromatic N) is 2. The minimum Gasteiger partial charge on any atom is -0.228 e. The SMILES string of the molecule is Cc1ccccc1-n1c(C)c(C2CCCC2)[n+](C2CCCC2)c1C1CCCCC1. The molecule has 3 saturated carbocycles. The Morgan fingerprint density at radius 2 is 1.31 bits per heavy atom. The molecule has 3 aliphatic rings. The number of hydrogen-bond donors (Lipinski definition) is 0. The third kappa shape index (κ3) is 3.47. The summed E-state index contributed by atoms with van der Waals surface area (Å²) in [4.78, 5) is 0. The zero-order chi connectivity index (χ0) is 19.8. The molecule has 0 saturated heterocycles. The van der Waals surface area contributed by atoms with Crippen molar-refractivity contribution < 1.29 is 4.57 Å². The number of aryl methyl sites for hydroxylation is 1. The number of imidazole rings is 1. The summed E-state index contributed by atoms with van der Waals surface area (Å²) in [5.41, 5.74) is 6.12. The first-order chi connectivity index (χ1) is 14.3. The quantitative estimate of drug-likeness (QED) is 0.487. The highest BCUT2D eigenvalue weighted by Crippen LogP contribution is 2.42. The van der Waals surface area contributed by atoms with Crippen molar-refractivity contribution in [3.63, 3.8) is 0 Å². The van der Waals surface area contributed by atoms with Crippen LogP contribution in [0.15, 0.2) is 24.3 Å². The van der Waals surface area contributed by atoms with Gasteiger partial charge in [-0.1, -0.05) is 50.3 Å². The standard InChI is InChI=1S/C27H39N2/c1-20-12-6-11-19-25(20)28-21(2)26(22-13-7-8-14-22)29(24-17-9-10-18-24)27(28)23-15-4-3-5-16-23/h6,11-12,19,22-24H,3-5,7-10,13-18H2,1-2H3/q+1. The molecule has 0 amide bonds. The minimum absolute atomic E-state index is 0.734. The number of aromatic nitrogens is 2. The summed E-state index contributed by atoms with van der Waals surface area (Å²) in [6, 6.07) is 9.84. The molecule has 2 aromatic rings. The Morgan fingerprint density at radius 3 is 2.00 bits per heavy atom. The first-order valence-corrected chi connectivity index (χ1v) is 12.5. The van der Waals surface area contributed by atoms with Crippen molar-refractivity contribution >= 4 is 0 Å². The Balaban J connectivity index is 1.76. The van der Waals surface area contributed by atoms with Crippen LogP contribution in [0.1, 0.15) is 124 Å². The van der Waals surface area contributed by atoms with Gasteiger partial charge in [0, 0.05) is 12.8 Å². The van der Waals surface area contributed by atoms with E-state index >= 15 is 0 Å². The van der Waals surface area contributed by atoms with Crippen molar-refractivity contribution in [3.8, 4) is 5.69 Å². The molecule has 5 rings (SSSR count). The van der Waals surface area contributed by atoms with E-state index < -0.39 is 0 Å². The molecular weight excluding hydrogens is 352 g/mol. The molecule has 0 aliphatic heterocycles. The van der Waals surface area contributed by atoms with Gasteiger partial charge in [-0.25, -0.2) is 4.57 Å². The summed E-state index contributed by atoms with van der Waals surface area (Å²) in [5.74, 6) is 3.19. The van der Waals surface area contributed by atoms with E-state index in [0.29, 0.717) is 0 Å². The Kier molecular flexibility index (Phi) is 5.54. The van der Waals surface area contributed by atoms with E-state index in [9.17, 15) is 0 Å². The number of para-hydroxylation sites is 1. The molecular formula is C27H39N2+. The first-order valence-electron chi connectivity index (χ1n) is 12.5. The smallest absolute Gasteiger partial charge is 0.228 e. The highest BCUT2D eigenvalue weighted by molar-refractivity contribution is 5.43. The molecule has 2 heteroatoms. The lowest BCUT2D eigenvalue weighted by Gasteiger charge is -2.23. The van der Waals surface area contributed by atoms with Crippen molar-refractivity contribution in [2.75, 3.05) is 0 Å². The molecule has 29 heavy (non-hydrogen) atoms. The maximum Gasteiger partial charge on any atom is 0.265 e. The third-order valence-electron chi connectivity index (χ3n) is 8.20. The van der Waals surface area contributed by atoms with Gasteiger partial charge >= 0.3 is 0 Å². The van der Waals surface area contributed by atoms with Gasteiger partial charge in [-0.15, -0.1) is 0 Å². The second-order valence-electron chi connectivity index (χ2n) is 10.1. The van der Waals surface area contributed by atoms with Gasteiger partial charge in [0.2, 0.25) is 0 Å². The fourth-order valence-corrected chi connectivity index (χ4v) is 6.79. The second kappa shape index (κ2) is 8.28. The summed E-state index contributed by atoms with van der Waals surface area (Å²) >= 11 is 0. The van der Waals surface area contributed by atoms with Crippen LogP contribution in [0.2, 0.25) is 0 Å². The maximum atomic E-state index is 2.95. The summed E-state index contributed by atoms with van der Waals surface area (Å²) in [5, 5.41) is 0. The summed E-state index contributed by atoms with van der Waals surface area (Å²) in [6.07, 6.45) is 18.3. The van der Waals surface area contributed by atoms with Gasteiger partial charge in [0.1, 0.15) is 23.1 Å². The highest BCUT2D eigenvalue weighted by Gasteiger charge is 2.42. The maximum absolute atomic E-state index is 2.95.